The second kappa shape index (κ2) is 5.27. The van der Waals surface area contributed by atoms with Crippen molar-refractivity contribution in [2.24, 2.45) is 0 Å². The molecular weight excluding hydrogens is 292 g/mol. The maximum Gasteiger partial charge on any atom is 0.340 e. The van der Waals surface area contributed by atoms with Crippen molar-refractivity contribution in [1.29, 1.82) is 0 Å². The lowest BCUT2D eigenvalue weighted by Crippen LogP contribution is -2.45. The van der Waals surface area contributed by atoms with Gasteiger partial charge in [-0.3, -0.25) is 0 Å². The second-order valence-corrected chi connectivity index (χ2v) is 5.33. The van der Waals surface area contributed by atoms with Crippen molar-refractivity contribution in [2.75, 3.05) is 0 Å². The smallest absolute Gasteiger partial charge is 0.194 e. The largest absolute Gasteiger partial charge is 0.340 e. The number of benzene rings is 1. The van der Waals surface area contributed by atoms with E-state index in [0.29, 0.717) is 12.8 Å². The summed E-state index contributed by atoms with van der Waals surface area (Å²) < 4.78 is 57.8. The van der Waals surface area contributed by atoms with Crippen molar-refractivity contribution >= 4 is 5.57 Å². The summed E-state index contributed by atoms with van der Waals surface area (Å²) in [6, 6.07) is 7.59. The van der Waals surface area contributed by atoms with Crippen LogP contribution in [-0.2, 0) is 0 Å². The Morgan fingerprint density at radius 1 is 0.773 bits per heavy atom. The van der Waals surface area contributed by atoms with Gasteiger partial charge in [-0.1, -0.05) is 60.7 Å². The molecule has 4 heteroatoms. The average Bonchev–Trinajstić information content (AvgIpc) is 2.51. The monoisotopic (exact) mass is 306 g/mol. The van der Waals surface area contributed by atoms with Crippen molar-refractivity contribution in [3.05, 3.63) is 77.4 Å². The lowest BCUT2D eigenvalue weighted by molar-refractivity contribution is -0.147. The third-order valence-corrected chi connectivity index (χ3v) is 3.93. The first kappa shape index (κ1) is 14.8. The van der Waals surface area contributed by atoms with E-state index in [1.54, 1.807) is 24.3 Å². The van der Waals surface area contributed by atoms with E-state index < -0.39 is 23.0 Å². The van der Waals surface area contributed by atoms with Gasteiger partial charge in [-0.15, -0.1) is 0 Å². The maximum atomic E-state index is 14.4. The van der Waals surface area contributed by atoms with Gasteiger partial charge in [0.15, 0.2) is 0 Å². The molecule has 0 radical (unpaired) electrons. The second-order valence-electron chi connectivity index (χ2n) is 5.33. The Morgan fingerprint density at radius 3 is 2.05 bits per heavy atom. The summed E-state index contributed by atoms with van der Waals surface area (Å²) in [5.74, 6) is -8.45. The highest BCUT2D eigenvalue weighted by molar-refractivity contribution is 5.77. The first-order valence-electron chi connectivity index (χ1n) is 7.04. The number of hydrogen-bond acceptors (Lipinski definition) is 0. The van der Waals surface area contributed by atoms with Gasteiger partial charge in [-0.2, -0.15) is 17.6 Å². The summed E-state index contributed by atoms with van der Waals surface area (Å²) in [4.78, 5) is 0. The van der Waals surface area contributed by atoms with Crippen molar-refractivity contribution in [3.63, 3.8) is 0 Å². The molecule has 0 unspecified atom stereocenters. The molecule has 0 amide bonds. The molecule has 2 aliphatic carbocycles. The average molecular weight is 306 g/mol. The van der Waals surface area contributed by atoms with Gasteiger partial charge in [0.1, 0.15) is 0 Å². The summed E-state index contributed by atoms with van der Waals surface area (Å²) in [5.41, 5.74) is -0.842. The van der Waals surface area contributed by atoms with Crippen LogP contribution in [0.3, 0.4) is 0 Å². The van der Waals surface area contributed by atoms with Crippen LogP contribution in [0, 0.1) is 0 Å². The Labute approximate surface area is 126 Å². The molecule has 1 aromatic rings. The minimum atomic E-state index is -4.24. The van der Waals surface area contributed by atoms with Crippen LogP contribution in [0.1, 0.15) is 18.4 Å². The predicted molar refractivity (Wildman–Crippen MR) is 78.9 cm³/mol. The van der Waals surface area contributed by atoms with E-state index in [0.717, 1.165) is 12.2 Å². The molecule has 0 fully saturated rings. The van der Waals surface area contributed by atoms with E-state index in [2.05, 4.69) is 0 Å². The molecular formula is C18H14F4. The van der Waals surface area contributed by atoms with Crippen LogP contribution in [0.5, 0.6) is 0 Å². The van der Waals surface area contributed by atoms with Crippen molar-refractivity contribution in [1.82, 2.24) is 0 Å². The van der Waals surface area contributed by atoms with Gasteiger partial charge in [0.2, 0.25) is 0 Å². The van der Waals surface area contributed by atoms with Crippen LogP contribution in [0.4, 0.5) is 17.6 Å². The van der Waals surface area contributed by atoms with Crippen molar-refractivity contribution < 1.29 is 17.6 Å². The SMILES string of the molecule is FC1(F)C(C2=CC=CCC2)=CC=C(c2ccccc2)C1(F)F. The normalized spacial score (nSPS) is 22.6. The molecule has 2 aliphatic rings. The lowest BCUT2D eigenvalue weighted by atomic mass is 9.82. The summed E-state index contributed by atoms with van der Waals surface area (Å²) >= 11 is 0. The van der Waals surface area contributed by atoms with Gasteiger partial charge < -0.3 is 0 Å². The van der Waals surface area contributed by atoms with E-state index >= 15 is 0 Å². The fourth-order valence-corrected chi connectivity index (χ4v) is 2.75. The van der Waals surface area contributed by atoms with E-state index in [1.165, 1.54) is 18.2 Å². The zero-order valence-corrected chi connectivity index (χ0v) is 11.7. The van der Waals surface area contributed by atoms with E-state index in [1.807, 2.05) is 6.08 Å². The van der Waals surface area contributed by atoms with Gasteiger partial charge in [0, 0.05) is 11.1 Å². The predicted octanol–water partition coefficient (Wildman–Crippen LogP) is 5.56. The van der Waals surface area contributed by atoms with Crippen LogP contribution in [-0.4, -0.2) is 11.8 Å². The summed E-state index contributed by atoms with van der Waals surface area (Å²) in [5, 5.41) is 0. The molecule has 0 aliphatic heterocycles. The maximum absolute atomic E-state index is 14.4. The number of rotatable bonds is 2. The third kappa shape index (κ3) is 2.23. The molecule has 114 valence electrons. The molecule has 0 heterocycles. The van der Waals surface area contributed by atoms with Crippen LogP contribution < -0.4 is 0 Å². The fraction of sp³-hybridized carbons (Fsp3) is 0.222. The Kier molecular flexibility index (Phi) is 3.55. The highest BCUT2D eigenvalue weighted by Gasteiger charge is 2.62. The topological polar surface area (TPSA) is 0 Å². The van der Waals surface area contributed by atoms with Crippen LogP contribution >= 0.6 is 0 Å². The zero-order valence-electron chi connectivity index (χ0n) is 11.7. The minimum Gasteiger partial charge on any atom is -0.194 e. The molecule has 0 saturated heterocycles. The third-order valence-electron chi connectivity index (χ3n) is 3.93. The Morgan fingerprint density at radius 2 is 1.41 bits per heavy atom. The van der Waals surface area contributed by atoms with Crippen molar-refractivity contribution in [2.45, 2.75) is 24.7 Å². The number of alkyl halides is 4. The number of allylic oxidation sites excluding steroid dienone is 8. The molecule has 3 rings (SSSR count). The summed E-state index contributed by atoms with van der Waals surface area (Å²) in [7, 11) is 0. The molecule has 0 atom stereocenters. The summed E-state index contributed by atoms with van der Waals surface area (Å²) in [6.45, 7) is 0. The quantitative estimate of drug-likeness (QED) is 0.628. The Hall–Kier alpha value is -2.10. The van der Waals surface area contributed by atoms with E-state index in [-0.39, 0.29) is 11.1 Å². The molecule has 0 bridgehead atoms. The fourth-order valence-electron chi connectivity index (χ4n) is 2.75. The van der Waals surface area contributed by atoms with Gasteiger partial charge in [-0.25, -0.2) is 0 Å². The van der Waals surface area contributed by atoms with Gasteiger partial charge >= 0.3 is 11.8 Å². The molecule has 0 spiro atoms. The number of hydrogen-bond donors (Lipinski definition) is 0. The highest BCUT2D eigenvalue weighted by atomic mass is 19.3. The lowest BCUT2D eigenvalue weighted by Gasteiger charge is -2.34. The standard InChI is InChI=1S/C18H14F4/c19-17(20)15(13-7-3-1-4-8-13)11-12-16(18(17,21)22)14-9-5-2-6-10-14/h1-5,7-9,11-12H,6,10H2. The van der Waals surface area contributed by atoms with Gasteiger partial charge in [0.05, 0.1) is 0 Å². The van der Waals surface area contributed by atoms with E-state index in [4.69, 9.17) is 0 Å². The van der Waals surface area contributed by atoms with Crippen LogP contribution in [0.15, 0.2) is 71.9 Å². The first-order chi connectivity index (χ1) is 10.4. The highest BCUT2D eigenvalue weighted by Crippen LogP contribution is 2.52. The Bertz CT molecular complexity index is 691. The molecule has 0 N–H and O–H groups in total. The van der Waals surface area contributed by atoms with Crippen LogP contribution in [0.2, 0.25) is 0 Å². The zero-order chi connectivity index (χ0) is 15.8. The van der Waals surface area contributed by atoms with Gasteiger partial charge in [-0.05, 0) is 24.0 Å². The minimum absolute atomic E-state index is 0.111. The van der Waals surface area contributed by atoms with Gasteiger partial charge in [0.25, 0.3) is 0 Å². The molecule has 22 heavy (non-hydrogen) atoms. The number of halogens is 4. The molecule has 0 saturated carbocycles. The van der Waals surface area contributed by atoms with Crippen molar-refractivity contribution in [3.8, 4) is 0 Å². The Balaban J connectivity index is 2.11. The summed E-state index contributed by atoms with van der Waals surface area (Å²) in [6.07, 6.45) is 8.12. The molecule has 1 aromatic carbocycles. The van der Waals surface area contributed by atoms with Crippen LogP contribution in [0.25, 0.3) is 5.57 Å². The van der Waals surface area contributed by atoms with E-state index in [9.17, 15) is 17.6 Å². The molecule has 0 aromatic heterocycles. The molecule has 0 nitrogen and oxygen atoms in total. The first-order valence-corrected chi connectivity index (χ1v) is 7.04.